The molecule has 2 fully saturated rings. The lowest BCUT2D eigenvalue weighted by atomic mass is 9.96. The zero-order chi connectivity index (χ0) is 23.0. The molecule has 3 aromatic rings. The molecule has 3 heterocycles. The van der Waals surface area contributed by atoms with Gasteiger partial charge in [0.05, 0.1) is 30.4 Å². The first kappa shape index (κ1) is 22.3. The predicted octanol–water partition coefficient (Wildman–Crippen LogP) is 6.30. The second-order valence-electron chi connectivity index (χ2n) is 11.5. The highest BCUT2D eigenvalue weighted by atomic mass is 28.3. The van der Waals surface area contributed by atoms with Crippen LogP contribution in [0.2, 0.25) is 25.7 Å². The molecule has 2 saturated carbocycles. The summed E-state index contributed by atoms with van der Waals surface area (Å²) in [5, 5.41) is 15.2. The lowest BCUT2D eigenvalue weighted by Gasteiger charge is -2.21. The maximum Gasteiger partial charge on any atom is 0.143 e. The molecule has 33 heavy (non-hydrogen) atoms. The van der Waals surface area contributed by atoms with Gasteiger partial charge in [-0.05, 0) is 43.1 Å². The standard InChI is InChI=1S/C26H36N6Si/c1-33(2,3)13-10-20-14-21(20)16-31-12-9-23-25(28-18-29-26(23)31)22-15-30-32(17-22)24(8-11-27)19-6-4-5-7-19/h9,12,15,17-21,24H,4-8,10,13-14,16H2,1-3H3. The van der Waals surface area contributed by atoms with Crippen LogP contribution in [0.25, 0.3) is 22.3 Å². The molecule has 0 N–H and O–H groups in total. The average Bonchev–Trinajstić information content (AvgIpc) is 3.21. The van der Waals surface area contributed by atoms with Crippen molar-refractivity contribution in [3.63, 3.8) is 0 Å². The highest BCUT2D eigenvalue weighted by Gasteiger charge is 2.37. The summed E-state index contributed by atoms with van der Waals surface area (Å²) in [5.74, 6) is 2.23. The Morgan fingerprint density at radius 1 is 1.18 bits per heavy atom. The number of fused-ring (bicyclic) bond motifs is 1. The van der Waals surface area contributed by atoms with E-state index in [0.717, 1.165) is 40.7 Å². The van der Waals surface area contributed by atoms with Crippen molar-refractivity contribution in [2.45, 2.75) is 83.2 Å². The molecule has 174 valence electrons. The van der Waals surface area contributed by atoms with E-state index in [0.29, 0.717) is 12.3 Å². The Balaban J connectivity index is 1.33. The molecule has 7 heteroatoms. The van der Waals surface area contributed by atoms with Crippen molar-refractivity contribution in [3.05, 3.63) is 31.0 Å². The first-order valence-corrected chi connectivity index (χ1v) is 16.3. The van der Waals surface area contributed by atoms with Gasteiger partial charge in [0.2, 0.25) is 0 Å². The van der Waals surface area contributed by atoms with E-state index in [1.165, 1.54) is 44.6 Å². The van der Waals surface area contributed by atoms with Crippen LogP contribution >= 0.6 is 0 Å². The van der Waals surface area contributed by atoms with E-state index in [1.54, 1.807) is 6.33 Å². The van der Waals surface area contributed by atoms with Crippen LogP contribution in [-0.4, -0.2) is 32.4 Å². The largest absolute Gasteiger partial charge is 0.332 e. The van der Waals surface area contributed by atoms with E-state index in [4.69, 9.17) is 0 Å². The molecule has 6 nitrogen and oxygen atoms in total. The molecular formula is C26H36N6Si. The van der Waals surface area contributed by atoms with E-state index >= 15 is 0 Å². The summed E-state index contributed by atoms with van der Waals surface area (Å²) in [6.07, 6.45) is 16.1. The van der Waals surface area contributed by atoms with E-state index in [-0.39, 0.29) is 6.04 Å². The highest BCUT2D eigenvalue weighted by Crippen LogP contribution is 2.45. The van der Waals surface area contributed by atoms with Crippen molar-refractivity contribution < 1.29 is 0 Å². The number of nitriles is 1. The Morgan fingerprint density at radius 3 is 2.76 bits per heavy atom. The van der Waals surface area contributed by atoms with Gasteiger partial charge in [-0.25, -0.2) is 9.97 Å². The van der Waals surface area contributed by atoms with Crippen molar-refractivity contribution in [2.24, 2.45) is 17.8 Å². The molecule has 3 aromatic heterocycles. The first-order valence-electron chi connectivity index (χ1n) is 12.6. The molecular weight excluding hydrogens is 424 g/mol. The van der Waals surface area contributed by atoms with Gasteiger partial charge in [0.15, 0.2) is 0 Å². The Hall–Kier alpha value is -2.46. The third-order valence-electron chi connectivity index (χ3n) is 7.78. The summed E-state index contributed by atoms with van der Waals surface area (Å²) in [7, 11) is -0.951. The van der Waals surface area contributed by atoms with Crippen molar-refractivity contribution in [2.75, 3.05) is 0 Å². The van der Waals surface area contributed by atoms with Crippen molar-refractivity contribution >= 4 is 19.1 Å². The van der Waals surface area contributed by atoms with E-state index < -0.39 is 8.07 Å². The van der Waals surface area contributed by atoms with Crippen LogP contribution in [-0.2, 0) is 6.54 Å². The fourth-order valence-corrected chi connectivity index (χ4v) is 6.93. The zero-order valence-electron chi connectivity index (χ0n) is 20.2. The highest BCUT2D eigenvalue weighted by molar-refractivity contribution is 6.76. The Labute approximate surface area is 198 Å². The van der Waals surface area contributed by atoms with E-state index in [1.807, 2.05) is 10.9 Å². The number of hydrogen-bond acceptors (Lipinski definition) is 4. The van der Waals surface area contributed by atoms with Crippen LogP contribution < -0.4 is 0 Å². The van der Waals surface area contributed by atoms with Gasteiger partial charge < -0.3 is 4.57 Å². The summed E-state index contributed by atoms with van der Waals surface area (Å²) in [5.41, 5.74) is 2.98. The molecule has 0 radical (unpaired) electrons. The Kier molecular flexibility index (Phi) is 6.13. The minimum Gasteiger partial charge on any atom is -0.332 e. The van der Waals surface area contributed by atoms with Gasteiger partial charge in [0.25, 0.3) is 0 Å². The first-order chi connectivity index (χ1) is 15.9. The van der Waals surface area contributed by atoms with Crippen LogP contribution in [0, 0.1) is 29.1 Å². The average molecular weight is 461 g/mol. The quantitative estimate of drug-likeness (QED) is 0.351. The second-order valence-corrected chi connectivity index (χ2v) is 17.1. The van der Waals surface area contributed by atoms with Gasteiger partial charge in [0, 0.05) is 38.0 Å². The lowest BCUT2D eigenvalue weighted by Crippen LogP contribution is -2.19. The molecule has 5 rings (SSSR count). The van der Waals surface area contributed by atoms with Crippen LogP contribution in [0.3, 0.4) is 0 Å². The van der Waals surface area contributed by atoms with Gasteiger partial charge >= 0.3 is 0 Å². The summed E-state index contributed by atoms with van der Waals surface area (Å²) in [4.78, 5) is 9.28. The molecule has 3 unspecified atom stereocenters. The zero-order valence-corrected chi connectivity index (χ0v) is 21.2. The summed E-state index contributed by atoms with van der Waals surface area (Å²) < 4.78 is 4.34. The molecule has 0 amide bonds. The lowest BCUT2D eigenvalue weighted by molar-refractivity contribution is 0.315. The van der Waals surface area contributed by atoms with E-state index in [2.05, 4.69) is 63.8 Å². The smallest absolute Gasteiger partial charge is 0.143 e. The molecule has 0 saturated heterocycles. The van der Waals surface area contributed by atoms with Crippen LogP contribution in [0.1, 0.15) is 51.0 Å². The molecule has 2 aliphatic rings. The number of nitrogens with zero attached hydrogens (tertiary/aromatic N) is 6. The number of hydrogen-bond donors (Lipinski definition) is 0. The SMILES string of the molecule is C[Si](C)(C)CCC1CC1Cn1ccc2c(-c3cnn(C(CC#N)C4CCCC4)c3)ncnc21. The van der Waals surface area contributed by atoms with Crippen molar-refractivity contribution in [1.29, 1.82) is 5.26 Å². The van der Waals surface area contributed by atoms with Gasteiger partial charge in [-0.1, -0.05) is 44.9 Å². The summed E-state index contributed by atoms with van der Waals surface area (Å²) in [6.45, 7) is 8.48. The van der Waals surface area contributed by atoms with Crippen molar-refractivity contribution in [3.8, 4) is 17.3 Å². The normalized spacial score (nSPS) is 22.0. The van der Waals surface area contributed by atoms with Gasteiger partial charge in [-0.2, -0.15) is 10.4 Å². The van der Waals surface area contributed by atoms with Crippen LogP contribution in [0.4, 0.5) is 0 Å². The topological polar surface area (TPSA) is 72.3 Å². The van der Waals surface area contributed by atoms with Gasteiger partial charge in [0.1, 0.15) is 12.0 Å². The molecule has 3 atom stereocenters. The third-order valence-corrected chi connectivity index (χ3v) is 9.57. The van der Waals surface area contributed by atoms with Gasteiger partial charge in [-0.15, -0.1) is 0 Å². The van der Waals surface area contributed by atoms with Crippen LogP contribution in [0.15, 0.2) is 31.0 Å². The molecule has 2 aliphatic carbocycles. The van der Waals surface area contributed by atoms with Crippen LogP contribution in [0.5, 0.6) is 0 Å². The summed E-state index contributed by atoms with van der Waals surface area (Å²) >= 11 is 0. The summed E-state index contributed by atoms with van der Waals surface area (Å²) in [6, 6.07) is 6.14. The Bertz CT molecular complexity index is 1140. The third kappa shape index (κ3) is 4.91. The maximum atomic E-state index is 9.38. The fraction of sp³-hybridized carbons (Fsp3) is 0.615. The number of aromatic nitrogens is 5. The molecule has 0 spiro atoms. The molecule has 0 aromatic carbocycles. The number of rotatable bonds is 9. The minimum atomic E-state index is -0.951. The van der Waals surface area contributed by atoms with Gasteiger partial charge in [-0.3, -0.25) is 4.68 Å². The maximum absolute atomic E-state index is 9.38. The fourth-order valence-electron chi connectivity index (χ4n) is 5.69. The Morgan fingerprint density at radius 2 is 2.00 bits per heavy atom. The second kappa shape index (κ2) is 9.06. The minimum absolute atomic E-state index is 0.163. The van der Waals surface area contributed by atoms with Crippen molar-refractivity contribution in [1.82, 2.24) is 24.3 Å². The molecule has 0 bridgehead atoms. The van der Waals surface area contributed by atoms with E-state index in [9.17, 15) is 5.26 Å². The monoisotopic (exact) mass is 460 g/mol. The molecule has 0 aliphatic heterocycles. The predicted molar refractivity (Wildman–Crippen MR) is 134 cm³/mol.